The fourth-order valence-corrected chi connectivity index (χ4v) is 5.96. The van der Waals surface area contributed by atoms with Crippen molar-refractivity contribution in [2.75, 3.05) is 11.9 Å². The van der Waals surface area contributed by atoms with Crippen LogP contribution in [-0.2, 0) is 9.59 Å². The number of piperidine rings is 1. The van der Waals surface area contributed by atoms with Gasteiger partial charge in [-0.05, 0) is 75.3 Å². The lowest BCUT2D eigenvalue weighted by Gasteiger charge is -2.36. The Kier molecular flexibility index (Phi) is 5.14. The largest absolute Gasteiger partial charge is 0.385 e. The first-order valence-corrected chi connectivity index (χ1v) is 13.3. The average molecular weight is 513 g/mol. The molecule has 10 nitrogen and oxygen atoms in total. The van der Waals surface area contributed by atoms with Crippen LogP contribution in [0.1, 0.15) is 82.6 Å². The molecule has 2 aliphatic carbocycles. The van der Waals surface area contributed by atoms with Crippen LogP contribution in [0, 0.1) is 12.8 Å². The van der Waals surface area contributed by atoms with E-state index in [2.05, 4.69) is 27.4 Å². The zero-order valence-corrected chi connectivity index (χ0v) is 21.1. The SMILES string of the molecule is Cc1ccc2c(C3CC3)nn(C3CC(CNc4ccc5c(c4)C(=O)N(C4CCC(=O)NC4=O)C5=O)C3)c2n1. The van der Waals surface area contributed by atoms with Crippen molar-refractivity contribution in [3.05, 3.63) is 52.8 Å². The van der Waals surface area contributed by atoms with Crippen molar-refractivity contribution >= 4 is 40.3 Å². The number of aromatic nitrogens is 3. The third-order valence-electron chi connectivity index (χ3n) is 8.28. The summed E-state index contributed by atoms with van der Waals surface area (Å²) in [7, 11) is 0. The van der Waals surface area contributed by atoms with Crippen molar-refractivity contribution < 1.29 is 19.2 Å². The normalized spacial score (nSPS) is 25.0. The number of hydrogen-bond acceptors (Lipinski definition) is 7. The van der Waals surface area contributed by atoms with Crippen LogP contribution in [0.4, 0.5) is 5.69 Å². The van der Waals surface area contributed by atoms with Gasteiger partial charge in [-0.2, -0.15) is 5.10 Å². The number of amides is 4. The maximum Gasteiger partial charge on any atom is 0.262 e. The summed E-state index contributed by atoms with van der Waals surface area (Å²) in [4.78, 5) is 55.5. The lowest BCUT2D eigenvalue weighted by molar-refractivity contribution is -0.136. The number of nitrogens with one attached hydrogen (secondary N) is 2. The summed E-state index contributed by atoms with van der Waals surface area (Å²) in [6.07, 6.45) is 4.65. The van der Waals surface area contributed by atoms with Crippen molar-refractivity contribution in [2.45, 2.75) is 63.5 Å². The van der Waals surface area contributed by atoms with Crippen LogP contribution in [0.2, 0.25) is 0 Å². The van der Waals surface area contributed by atoms with Gasteiger partial charge in [0, 0.05) is 35.7 Å². The number of rotatable bonds is 6. The summed E-state index contributed by atoms with van der Waals surface area (Å²) in [6, 6.07) is 8.71. The van der Waals surface area contributed by atoms with Gasteiger partial charge in [-0.1, -0.05) is 0 Å². The first-order chi connectivity index (χ1) is 18.4. The topological polar surface area (TPSA) is 126 Å². The van der Waals surface area contributed by atoms with E-state index in [-0.39, 0.29) is 29.9 Å². The van der Waals surface area contributed by atoms with E-state index in [1.807, 2.05) is 6.92 Å². The van der Waals surface area contributed by atoms with Gasteiger partial charge >= 0.3 is 0 Å². The second-order valence-electron chi connectivity index (χ2n) is 11.0. The van der Waals surface area contributed by atoms with Crippen molar-refractivity contribution in [3.63, 3.8) is 0 Å². The summed E-state index contributed by atoms with van der Waals surface area (Å²) in [6.45, 7) is 2.76. The number of aryl methyl sites for hydroxylation is 1. The predicted molar refractivity (Wildman–Crippen MR) is 138 cm³/mol. The number of hydrogen-bond donors (Lipinski definition) is 2. The van der Waals surface area contributed by atoms with Crippen LogP contribution < -0.4 is 10.6 Å². The molecule has 4 heterocycles. The average Bonchev–Trinajstić information content (AvgIpc) is 3.61. The Hall–Kier alpha value is -4.08. The van der Waals surface area contributed by atoms with Gasteiger partial charge in [0.15, 0.2) is 5.65 Å². The van der Waals surface area contributed by atoms with Gasteiger partial charge in [0.2, 0.25) is 11.8 Å². The molecular weight excluding hydrogens is 484 g/mol. The smallest absolute Gasteiger partial charge is 0.262 e. The molecule has 0 bridgehead atoms. The number of pyridine rings is 1. The van der Waals surface area contributed by atoms with E-state index in [0.29, 0.717) is 17.9 Å². The molecular formula is C28H28N6O4. The number of carbonyl (C=O) groups is 4. The van der Waals surface area contributed by atoms with Crippen molar-refractivity contribution in [3.8, 4) is 0 Å². The van der Waals surface area contributed by atoms with E-state index >= 15 is 0 Å². The lowest BCUT2D eigenvalue weighted by Crippen LogP contribution is -2.54. The van der Waals surface area contributed by atoms with Gasteiger partial charge < -0.3 is 5.32 Å². The molecule has 1 saturated heterocycles. The van der Waals surface area contributed by atoms with Gasteiger partial charge in [-0.3, -0.25) is 29.4 Å². The molecule has 0 spiro atoms. The second kappa shape index (κ2) is 8.47. The van der Waals surface area contributed by atoms with E-state index < -0.39 is 23.8 Å². The molecule has 1 unspecified atom stereocenters. The number of carbonyl (C=O) groups excluding carboxylic acids is 4. The molecule has 4 amide bonds. The Balaban J connectivity index is 1.01. The van der Waals surface area contributed by atoms with Gasteiger partial charge in [-0.15, -0.1) is 0 Å². The Morgan fingerprint density at radius 3 is 2.55 bits per heavy atom. The quantitative estimate of drug-likeness (QED) is 0.486. The molecule has 10 heteroatoms. The number of fused-ring (bicyclic) bond motifs is 2. The maximum atomic E-state index is 13.1. The molecule has 2 N–H and O–H groups in total. The lowest BCUT2D eigenvalue weighted by atomic mass is 9.80. The predicted octanol–water partition coefficient (Wildman–Crippen LogP) is 3.08. The first kappa shape index (κ1) is 23.1. The zero-order valence-electron chi connectivity index (χ0n) is 21.1. The van der Waals surface area contributed by atoms with E-state index in [1.165, 1.54) is 23.9 Å². The summed E-state index contributed by atoms with van der Waals surface area (Å²) < 4.78 is 2.13. The molecule has 38 heavy (non-hydrogen) atoms. The summed E-state index contributed by atoms with van der Waals surface area (Å²) >= 11 is 0. The maximum absolute atomic E-state index is 13.1. The van der Waals surface area contributed by atoms with Crippen LogP contribution in [0.5, 0.6) is 0 Å². The molecule has 2 saturated carbocycles. The van der Waals surface area contributed by atoms with Crippen LogP contribution in [-0.4, -0.2) is 55.9 Å². The number of imide groups is 2. The van der Waals surface area contributed by atoms with Gasteiger partial charge in [0.05, 0.1) is 22.9 Å². The molecule has 3 aromatic rings. The molecule has 4 aliphatic rings. The van der Waals surface area contributed by atoms with Gasteiger partial charge in [0.25, 0.3) is 11.8 Å². The first-order valence-electron chi connectivity index (χ1n) is 13.3. The van der Waals surface area contributed by atoms with Gasteiger partial charge in [0.1, 0.15) is 6.04 Å². The summed E-state index contributed by atoms with van der Waals surface area (Å²) in [5.74, 6) is -0.947. The Bertz CT molecular complexity index is 1530. The van der Waals surface area contributed by atoms with Gasteiger partial charge in [-0.25, -0.2) is 9.67 Å². The molecule has 3 fully saturated rings. The summed E-state index contributed by atoms with van der Waals surface area (Å²) in [5.41, 5.74) is 4.51. The number of benzene rings is 1. The third-order valence-corrected chi connectivity index (χ3v) is 8.28. The fraction of sp³-hybridized carbons (Fsp3) is 0.429. The minimum absolute atomic E-state index is 0.102. The van der Waals surface area contributed by atoms with Crippen LogP contribution in [0.3, 0.4) is 0 Å². The monoisotopic (exact) mass is 512 g/mol. The molecule has 2 aliphatic heterocycles. The molecule has 1 atom stereocenters. The minimum Gasteiger partial charge on any atom is -0.385 e. The Morgan fingerprint density at radius 1 is 1.00 bits per heavy atom. The van der Waals surface area contributed by atoms with Crippen LogP contribution in [0.15, 0.2) is 30.3 Å². The highest BCUT2D eigenvalue weighted by atomic mass is 16.2. The minimum atomic E-state index is -0.958. The highest BCUT2D eigenvalue weighted by Crippen LogP contribution is 2.45. The van der Waals surface area contributed by atoms with Crippen molar-refractivity contribution in [1.82, 2.24) is 25.0 Å². The van der Waals surface area contributed by atoms with E-state index in [4.69, 9.17) is 10.1 Å². The zero-order chi connectivity index (χ0) is 26.1. The van der Waals surface area contributed by atoms with Crippen LogP contribution in [0.25, 0.3) is 11.0 Å². The standard InChI is InChI=1S/C28H28N6O4/c1-14-2-6-20-24(16-3-4-16)32-34(25(20)30-14)18-10-15(11-18)13-29-17-5-7-19-21(12-17)28(38)33(27(19)37)22-8-9-23(35)31-26(22)36/h2,5-7,12,15-16,18,22,29H,3-4,8-11,13H2,1H3,(H,31,35,36). The highest BCUT2D eigenvalue weighted by Gasteiger charge is 2.44. The second-order valence-corrected chi connectivity index (χ2v) is 11.0. The number of anilines is 1. The number of nitrogens with zero attached hydrogens (tertiary/aromatic N) is 4. The van der Waals surface area contributed by atoms with Crippen molar-refractivity contribution in [1.29, 1.82) is 0 Å². The summed E-state index contributed by atoms with van der Waals surface area (Å²) in [5, 5.41) is 11.8. The highest BCUT2D eigenvalue weighted by molar-refractivity contribution is 6.23. The fourth-order valence-electron chi connectivity index (χ4n) is 5.96. The molecule has 194 valence electrons. The third kappa shape index (κ3) is 3.69. The molecule has 0 radical (unpaired) electrons. The Labute approximate surface area is 218 Å². The molecule has 2 aromatic heterocycles. The van der Waals surface area contributed by atoms with E-state index in [0.717, 1.165) is 41.3 Å². The van der Waals surface area contributed by atoms with Crippen molar-refractivity contribution in [2.24, 2.45) is 5.92 Å². The molecule has 7 rings (SSSR count). The van der Waals surface area contributed by atoms with Crippen LogP contribution >= 0.6 is 0 Å². The Morgan fingerprint density at radius 2 is 1.79 bits per heavy atom. The molecule has 1 aromatic carbocycles. The van der Waals surface area contributed by atoms with E-state index in [9.17, 15) is 19.2 Å². The van der Waals surface area contributed by atoms with E-state index in [1.54, 1.807) is 18.2 Å².